The number of aromatic nitrogens is 2. The number of aryl methyl sites for hydroxylation is 1. The molecule has 0 spiro atoms. The summed E-state index contributed by atoms with van der Waals surface area (Å²) in [5.74, 6) is 0.865. The monoisotopic (exact) mass is 327 g/mol. The molecule has 2 aromatic rings. The smallest absolute Gasteiger partial charge is 0.269 e. The van der Waals surface area contributed by atoms with E-state index < -0.39 is 0 Å². The van der Waals surface area contributed by atoms with Crippen molar-refractivity contribution in [1.82, 2.24) is 14.9 Å². The predicted octanol–water partition coefficient (Wildman–Crippen LogP) is 2.77. The molecule has 2 heterocycles. The van der Waals surface area contributed by atoms with Gasteiger partial charge in [0.25, 0.3) is 5.69 Å². The molecule has 1 fully saturated rings. The van der Waals surface area contributed by atoms with Crippen LogP contribution in [0.15, 0.2) is 36.7 Å². The van der Waals surface area contributed by atoms with Crippen LogP contribution in [0.5, 0.6) is 0 Å². The first kappa shape index (κ1) is 16.3. The minimum Gasteiger partial charge on any atom is -0.366 e. The second-order valence-corrected chi connectivity index (χ2v) is 6.19. The SMILES string of the molecule is Cc1cc(NC2CCCN(Cc3ccc([N+](=O)[O-])cc3)C2)ncn1. The number of nitro benzene ring substituents is 1. The second-order valence-electron chi connectivity index (χ2n) is 6.19. The van der Waals surface area contributed by atoms with Crippen molar-refractivity contribution in [3.8, 4) is 0 Å². The van der Waals surface area contributed by atoms with Crippen LogP contribution in [0.4, 0.5) is 11.5 Å². The molecule has 1 saturated heterocycles. The van der Waals surface area contributed by atoms with Crippen molar-refractivity contribution in [3.05, 3.63) is 58.0 Å². The average Bonchev–Trinajstić information content (AvgIpc) is 2.56. The minimum absolute atomic E-state index is 0.135. The van der Waals surface area contributed by atoms with Crippen molar-refractivity contribution in [1.29, 1.82) is 0 Å². The Morgan fingerprint density at radius 3 is 2.83 bits per heavy atom. The van der Waals surface area contributed by atoms with Crippen LogP contribution >= 0.6 is 0 Å². The summed E-state index contributed by atoms with van der Waals surface area (Å²) in [4.78, 5) is 21.1. The van der Waals surface area contributed by atoms with Gasteiger partial charge in [-0.1, -0.05) is 12.1 Å². The zero-order chi connectivity index (χ0) is 16.9. The molecule has 3 rings (SSSR count). The first-order chi connectivity index (χ1) is 11.6. The Kier molecular flexibility index (Phi) is 5.00. The highest BCUT2D eigenvalue weighted by Gasteiger charge is 2.20. The molecule has 1 aliphatic heterocycles. The Balaban J connectivity index is 1.58. The van der Waals surface area contributed by atoms with E-state index in [0.29, 0.717) is 6.04 Å². The number of hydrogen-bond donors (Lipinski definition) is 1. The van der Waals surface area contributed by atoms with E-state index in [4.69, 9.17) is 0 Å². The Morgan fingerprint density at radius 2 is 2.12 bits per heavy atom. The Morgan fingerprint density at radius 1 is 1.33 bits per heavy atom. The molecule has 0 bridgehead atoms. The third kappa shape index (κ3) is 4.26. The molecule has 1 aromatic carbocycles. The molecule has 0 radical (unpaired) electrons. The van der Waals surface area contributed by atoms with E-state index in [1.807, 2.05) is 25.1 Å². The zero-order valence-electron chi connectivity index (χ0n) is 13.7. The standard InChI is InChI=1S/C17H21N5O2/c1-13-9-17(19-12-18-13)20-15-3-2-8-21(11-15)10-14-4-6-16(7-5-14)22(23)24/h4-7,9,12,15H,2-3,8,10-11H2,1H3,(H,18,19,20). The zero-order valence-corrected chi connectivity index (χ0v) is 13.7. The molecule has 1 N–H and O–H groups in total. The lowest BCUT2D eigenvalue weighted by Crippen LogP contribution is -2.41. The molecule has 1 unspecified atom stereocenters. The van der Waals surface area contributed by atoms with Gasteiger partial charge in [0.05, 0.1) is 4.92 Å². The van der Waals surface area contributed by atoms with Crippen molar-refractivity contribution in [2.45, 2.75) is 32.4 Å². The van der Waals surface area contributed by atoms with Gasteiger partial charge in [0.15, 0.2) is 0 Å². The molecule has 7 nitrogen and oxygen atoms in total. The van der Waals surface area contributed by atoms with Crippen LogP contribution in [0.2, 0.25) is 0 Å². The Labute approximate surface area is 140 Å². The number of non-ortho nitro benzene ring substituents is 1. The van der Waals surface area contributed by atoms with Crippen LogP contribution in [0.3, 0.4) is 0 Å². The molecule has 7 heteroatoms. The Hall–Kier alpha value is -2.54. The maximum atomic E-state index is 10.7. The maximum Gasteiger partial charge on any atom is 0.269 e. The average molecular weight is 327 g/mol. The van der Waals surface area contributed by atoms with Crippen LogP contribution in [-0.4, -0.2) is 38.9 Å². The predicted molar refractivity (Wildman–Crippen MR) is 91.8 cm³/mol. The second kappa shape index (κ2) is 7.35. The van der Waals surface area contributed by atoms with E-state index >= 15 is 0 Å². The minimum atomic E-state index is -0.367. The summed E-state index contributed by atoms with van der Waals surface area (Å²) >= 11 is 0. The molecule has 0 saturated carbocycles. The number of nitro groups is 1. The fourth-order valence-electron chi connectivity index (χ4n) is 3.04. The van der Waals surface area contributed by atoms with Crippen molar-refractivity contribution in [2.75, 3.05) is 18.4 Å². The first-order valence-corrected chi connectivity index (χ1v) is 8.11. The number of hydrogen-bond acceptors (Lipinski definition) is 6. The van der Waals surface area contributed by atoms with E-state index in [1.165, 1.54) is 0 Å². The van der Waals surface area contributed by atoms with Crippen molar-refractivity contribution in [3.63, 3.8) is 0 Å². The van der Waals surface area contributed by atoms with Crippen molar-refractivity contribution < 1.29 is 4.92 Å². The van der Waals surface area contributed by atoms with E-state index in [0.717, 1.165) is 49.6 Å². The number of likely N-dealkylation sites (tertiary alicyclic amines) is 1. The summed E-state index contributed by atoms with van der Waals surface area (Å²) in [7, 11) is 0. The summed E-state index contributed by atoms with van der Waals surface area (Å²) in [6.07, 6.45) is 3.81. The highest BCUT2D eigenvalue weighted by atomic mass is 16.6. The number of anilines is 1. The normalized spacial score (nSPS) is 18.3. The summed E-state index contributed by atoms with van der Waals surface area (Å²) in [5.41, 5.74) is 2.18. The van der Waals surface area contributed by atoms with Crippen molar-refractivity contribution >= 4 is 11.5 Å². The molecule has 1 aromatic heterocycles. The summed E-state index contributed by atoms with van der Waals surface area (Å²) < 4.78 is 0. The van der Waals surface area contributed by atoms with Crippen LogP contribution < -0.4 is 5.32 Å². The van der Waals surface area contributed by atoms with E-state index in [1.54, 1.807) is 18.5 Å². The highest BCUT2D eigenvalue weighted by Crippen LogP contribution is 2.18. The molecular weight excluding hydrogens is 306 g/mol. The number of piperidine rings is 1. The molecular formula is C17H21N5O2. The van der Waals surface area contributed by atoms with Crippen LogP contribution in [0, 0.1) is 17.0 Å². The third-order valence-electron chi connectivity index (χ3n) is 4.21. The lowest BCUT2D eigenvalue weighted by molar-refractivity contribution is -0.384. The fraction of sp³-hybridized carbons (Fsp3) is 0.412. The maximum absolute atomic E-state index is 10.7. The fourth-order valence-corrected chi connectivity index (χ4v) is 3.04. The molecule has 0 amide bonds. The van der Waals surface area contributed by atoms with Crippen LogP contribution in [0.1, 0.15) is 24.1 Å². The summed E-state index contributed by atoms with van der Waals surface area (Å²) in [6, 6.07) is 9.12. The topological polar surface area (TPSA) is 84.2 Å². The van der Waals surface area contributed by atoms with Crippen LogP contribution in [-0.2, 0) is 6.54 Å². The molecule has 1 aliphatic rings. The van der Waals surface area contributed by atoms with Gasteiger partial charge in [0.1, 0.15) is 12.1 Å². The van der Waals surface area contributed by atoms with E-state index in [9.17, 15) is 10.1 Å². The largest absolute Gasteiger partial charge is 0.366 e. The molecule has 126 valence electrons. The Bertz CT molecular complexity index is 704. The van der Waals surface area contributed by atoms with Gasteiger partial charge >= 0.3 is 0 Å². The molecule has 1 atom stereocenters. The van der Waals surface area contributed by atoms with Gasteiger partial charge < -0.3 is 5.32 Å². The third-order valence-corrected chi connectivity index (χ3v) is 4.21. The van der Waals surface area contributed by atoms with Gasteiger partial charge in [-0.25, -0.2) is 9.97 Å². The van der Waals surface area contributed by atoms with Gasteiger partial charge in [-0.2, -0.15) is 0 Å². The van der Waals surface area contributed by atoms with Gasteiger partial charge in [0, 0.05) is 43.0 Å². The lowest BCUT2D eigenvalue weighted by atomic mass is 10.0. The highest BCUT2D eigenvalue weighted by molar-refractivity contribution is 5.36. The van der Waals surface area contributed by atoms with E-state index in [2.05, 4.69) is 20.2 Å². The number of benzene rings is 1. The van der Waals surface area contributed by atoms with E-state index in [-0.39, 0.29) is 10.6 Å². The van der Waals surface area contributed by atoms with Gasteiger partial charge in [0.2, 0.25) is 0 Å². The summed E-state index contributed by atoms with van der Waals surface area (Å²) in [6.45, 7) is 4.73. The first-order valence-electron chi connectivity index (χ1n) is 8.11. The quantitative estimate of drug-likeness (QED) is 0.671. The van der Waals surface area contributed by atoms with Crippen molar-refractivity contribution in [2.24, 2.45) is 0 Å². The summed E-state index contributed by atoms with van der Waals surface area (Å²) in [5, 5.41) is 14.2. The number of nitrogens with zero attached hydrogens (tertiary/aromatic N) is 4. The van der Waals surface area contributed by atoms with Gasteiger partial charge in [-0.05, 0) is 31.9 Å². The lowest BCUT2D eigenvalue weighted by Gasteiger charge is -2.33. The number of rotatable bonds is 5. The number of nitrogens with one attached hydrogen (secondary N) is 1. The van der Waals surface area contributed by atoms with Gasteiger partial charge in [-0.3, -0.25) is 15.0 Å². The van der Waals surface area contributed by atoms with Gasteiger partial charge in [-0.15, -0.1) is 0 Å². The molecule has 24 heavy (non-hydrogen) atoms. The molecule has 0 aliphatic carbocycles. The van der Waals surface area contributed by atoms with Crippen LogP contribution in [0.25, 0.3) is 0 Å².